The molecule has 0 aliphatic heterocycles. The van der Waals surface area contributed by atoms with Gasteiger partial charge in [0, 0.05) is 11.3 Å². The summed E-state index contributed by atoms with van der Waals surface area (Å²) < 4.78 is 0. The molecule has 0 spiro atoms. The Morgan fingerprint density at radius 2 is 1.86 bits per heavy atom. The monoisotopic (exact) mass is 206 g/mol. The van der Waals surface area contributed by atoms with Gasteiger partial charge in [-0.2, -0.15) is 0 Å². The van der Waals surface area contributed by atoms with Crippen molar-refractivity contribution < 1.29 is 0 Å². The Labute approximate surface area is 88.0 Å². The number of benzene rings is 1. The average molecular weight is 207 g/mol. The molecule has 0 aliphatic rings. The van der Waals surface area contributed by atoms with Gasteiger partial charge in [-0.25, -0.2) is 9.97 Å². The lowest BCUT2D eigenvalue weighted by molar-refractivity contribution is 0.783. The summed E-state index contributed by atoms with van der Waals surface area (Å²) in [7, 11) is 0. The molecule has 0 saturated carbocycles. The molecule has 2 aromatic rings. The molecule has 14 heavy (non-hydrogen) atoms. The van der Waals surface area contributed by atoms with Crippen molar-refractivity contribution in [1.82, 2.24) is 9.97 Å². The lowest BCUT2D eigenvalue weighted by Gasteiger charge is -2.06. The highest BCUT2D eigenvalue weighted by atomic mass is 35.5. The quantitative estimate of drug-likeness (QED) is 0.669. The SMILES string of the molecule is CC(C)c1nc(Cl)c2ccccc2n1. The molecule has 3 heteroatoms. The summed E-state index contributed by atoms with van der Waals surface area (Å²) in [5, 5.41) is 1.46. The maximum atomic E-state index is 6.06. The minimum Gasteiger partial charge on any atom is -0.233 e. The molecule has 1 aromatic carbocycles. The molecule has 0 amide bonds. The molecule has 72 valence electrons. The summed E-state index contributed by atoms with van der Waals surface area (Å²) in [5.41, 5.74) is 0.913. The Balaban J connectivity index is 2.72. The first-order chi connectivity index (χ1) is 6.68. The number of nitrogens with zero attached hydrogens (tertiary/aromatic N) is 2. The van der Waals surface area contributed by atoms with Crippen LogP contribution in [0.2, 0.25) is 5.15 Å². The second-order valence-corrected chi connectivity index (χ2v) is 3.90. The number of aromatic nitrogens is 2. The highest BCUT2D eigenvalue weighted by molar-refractivity contribution is 6.34. The van der Waals surface area contributed by atoms with Gasteiger partial charge in [0.15, 0.2) is 0 Å². The predicted molar refractivity (Wildman–Crippen MR) is 58.6 cm³/mol. The van der Waals surface area contributed by atoms with E-state index in [2.05, 4.69) is 23.8 Å². The zero-order chi connectivity index (χ0) is 10.1. The lowest BCUT2D eigenvalue weighted by Crippen LogP contribution is -1.98. The van der Waals surface area contributed by atoms with Crippen molar-refractivity contribution in [3.63, 3.8) is 0 Å². The third kappa shape index (κ3) is 1.58. The van der Waals surface area contributed by atoms with E-state index in [-0.39, 0.29) is 0 Å². The highest BCUT2D eigenvalue weighted by Gasteiger charge is 2.07. The zero-order valence-electron chi connectivity index (χ0n) is 8.16. The topological polar surface area (TPSA) is 25.8 Å². The number of hydrogen-bond acceptors (Lipinski definition) is 2. The minimum absolute atomic E-state index is 0.303. The van der Waals surface area contributed by atoms with Gasteiger partial charge in [0.25, 0.3) is 0 Å². The van der Waals surface area contributed by atoms with E-state index in [9.17, 15) is 0 Å². The van der Waals surface area contributed by atoms with Crippen molar-refractivity contribution in [3.05, 3.63) is 35.2 Å². The first-order valence-electron chi connectivity index (χ1n) is 4.60. The maximum absolute atomic E-state index is 6.06. The summed E-state index contributed by atoms with van der Waals surface area (Å²) in [6.45, 7) is 4.11. The normalized spacial score (nSPS) is 11.1. The Kier molecular flexibility index (Phi) is 2.38. The number of para-hydroxylation sites is 1. The molecule has 0 N–H and O–H groups in total. The van der Waals surface area contributed by atoms with Crippen molar-refractivity contribution in [2.24, 2.45) is 0 Å². The largest absolute Gasteiger partial charge is 0.233 e. The summed E-state index contributed by atoms with van der Waals surface area (Å²) in [6, 6.07) is 7.78. The van der Waals surface area contributed by atoms with E-state index in [1.165, 1.54) is 0 Å². The van der Waals surface area contributed by atoms with Crippen LogP contribution in [0.15, 0.2) is 24.3 Å². The van der Waals surface area contributed by atoms with Crippen LogP contribution < -0.4 is 0 Å². The first kappa shape index (κ1) is 9.41. The van der Waals surface area contributed by atoms with Gasteiger partial charge in [-0.1, -0.05) is 37.6 Å². The van der Waals surface area contributed by atoms with Gasteiger partial charge in [-0.15, -0.1) is 0 Å². The third-order valence-corrected chi connectivity index (χ3v) is 2.38. The molecular formula is C11H11ClN2. The van der Waals surface area contributed by atoms with Gasteiger partial charge >= 0.3 is 0 Å². The van der Waals surface area contributed by atoms with Crippen LogP contribution in [0.5, 0.6) is 0 Å². The summed E-state index contributed by atoms with van der Waals surface area (Å²) in [4.78, 5) is 8.70. The number of hydrogen-bond donors (Lipinski definition) is 0. The van der Waals surface area contributed by atoms with E-state index in [1.54, 1.807) is 0 Å². The van der Waals surface area contributed by atoms with Gasteiger partial charge < -0.3 is 0 Å². The maximum Gasteiger partial charge on any atom is 0.140 e. The Bertz CT molecular complexity index is 466. The van der Waals surface area contributed by atoms with Crippen LogP contribution in [0.25, 0.3) is 10.9 Å². The molecule has 0 radical (unpaired) electrons. The van der Waals surface area contributed by atoms with Gasteiger partial charge in [-0.05, 0) is 12.1 Å². The van der Waals surface area contributed by atoms with Crippen LogP contribution in [0.4, 0.5) is 0 Å². The Hall–Kier alpha value is -1.15. The second-order valence-electron chi connectivity index (χ2n) is 3.54. The van der Waals surface area contributed by atoms with Crippen LogP contribution in [0.3, 0.4) is 0 Å². The van der Waals surface area contributed by atoms with E-state index in [1.807, 2.05) is 24.3 Å². The van der Waals surface area contributed by atoms with Crippen LogP contribution >= 0.6 is 11.6 Å². The summed E-state index contributed by atoms with van der Waals surface area (Å²) in [6.07, 6.45) is 0. The fraction of sp³-hybridized carbons (Fsp3) is 0.273. The van der Waals surface area contributed by atoms with Gasteiger partial charge in [0.1, 0.15) is 11.0 Å². The van der Waals surface area contributed by atoms with Crippen LogP contribution in [0.1, 0.15) is 25.6 Å². The highest BCUT2D eigenvalue weighted by Crippen LogP contribution is 2.22. The molecule has 0 fully saturated rings. The summed E-state index contributed by atoms with van der Waals surface area (Å²) in [5.74, 6) is 1.10. The number of fused-ring (bicyclic) bond motifs is 1. The lowest BCUT2D eigenvalue weighted by atomic mass is 10.2. The van der Waals surface area contributed by atoms with E-state index in [0.717, 1.165) is 16.7 Å². The molecule has 1 aromatic heterocycles. The van der Waals surface area contributed by atoms with Gasteiger partial charge in [-0.3, -0.25) is 0 Å². The van der Waals surface area contributed by atoms with Crippen molar-refractivity contribution >= 4 is 22.5 Å². The van der Waals surface area contributed by atoms with E-state index in [0.29, 0.717) is 11.1 Å². The number of rotatable bonds is 1. The molecule has 0 aliphatic carbocycles. The van der Waals surface area contributed by atoms with Crippen molar-refractivity contribution in [2.45, 2.75) is 19.8 Å². The smallest absolute Gasteiger partial charge is 0.140 e. The zero-order valence-corrected chi connectivity index (χ0v) is 8.92. The molecular weight excluding hydrogens is 196 g/mol. The summed E-state index contributed by atoms with van der Waals surface area (Å²) >= 11 is 6.06. The first-order valence-corrected chi connectivity index (χ1v) is 4.98. The van der Waals surface area contributed by atoms with Gasteiger partial charge in [0.05, 0.1) is 5.52 Å². The fourth-order valence-electron chi connectivity index (χ4n) is 1.31. The van der Waals surface area contributed by atoms with Gasteiger partial charge in [0.2, 0.25) is 0 Å². The average Bonchev–Trinajstić information content (AvgIpc) is 2.17. The molecule has 2 nitrogen and oxygen atoms in total. The van der Waals surface area contributed by atoms with Crippen LogP contribution in [-0.2, 0) is 0 Å². The van der Waals surface area contributed by atoms with Crippen molar-refractivity contribution in [2.75, 3.05) is 0 Å². The standard InChI is InChI=1S/C11H11ClN2/c1-7(2)11-13-9-6-4-3-5-8(9)10(12)14-11/h3-7H,1-2H3. The fourth-order valence-corrected chi connectivity index (χ4v) is 1.56. The third-order valence-electron chi connectivity index (χ3n) is 2.09. The minimum atomic E-state index is 0.303. The Morgan fingerprint density at radius 3 is 2.57 bits per heavy atom. The van der Waals surface area contributed by atoms with Crippen molar-refractivity contribution in [1.29, 1.82) is 0 Å². The predicted octanol–water partition coefficient (Wildman–Crippen LogP) is 3.41. The molecule has 1 heterocycles. The molecule has 0 atom stereocenters. The van der Waals surface area contributed by atoms with Crippen LogP contribution in [-0.4, -0.2) is 9.97 Å². The Morgan fingerprint density at radius 1 is 1.14 bits per heavy atom. The van der Waals surface area contributed by atoms with Crippen molar-refractivity contribution in [3.8, 4) is 0 Å². The van der Waals surface area contributed by atoms with E-state index >= 15 is 0 Å². The molecule has 2 rings (SSSR count). The van der Waals surface area contributed by atoms with E-state index in [4.69, 9.17) is 11.6 Å². The number of halogens is 1. The van der Waals surface area contributed by atoms with E-state index < -0.39 is 0 Å². The molecule has 0 saturated heterocycles. The molecule has 0 bridgehead atoms. The molecule has 0 unspecified atom stereocenters. The van der Waals surface area contributed by atoms with Crippen LogP contribution in [0, 0.1) is 0 Å². The second kappa shape index (κ2) is 3.54.